The summed E-state index contributed by atoms with van der Waals surface area (Å²) in [6.45, 7) is 6.20. The van der Waals surface area contributed by atoms with Gasteiger partial charge in [0, 0.05) is 23.4 Å². The van der Waals surface area contributed by atoms with Gasteiger partial charge in [-0.05, 0) is 25.1 Å². The molecular formula is C13H17ClO2. The van der Waals surface area contributed by atoms with E-state index >= 15 is 0 Å². The molecule has 2 nitrogen and oxygen atoms in total. The van der Waals surface area contributed by atoms with E-state index in [4.69, 9.17) is 21.1 Å². The summed E-state index contributed by atoms with van der Waals surface area (Å²) in [5.74, 6) is 0.423. The molecule has 0 amide bonds. The predicted octanol–water partition coefficient (Wildman–Crippen LogP) is 4.33. The van der Waals surface area contributed by atoms with Crippen LogP contribution in [0.15, 0.2) is 18.2 Å². The monoisotopic (exact) mass is 240 g/mol. The van der Waals surface area contributed by atoms with Crippen molar-refractivity contribution in [2.45, 2.75) is 45.5 Å². The van der Waals surface area contributed by atoms with E-state index in [-0.39, 0.29) is 6.10 Å². The Hall–Kier alpha value is -0.730. The Morgan fingerprint density at radius 2 is 2.00 bits per heavy atom. The zero-order valence-corrected chi connectivity index (χ0v) is 10.7. The average Bonchev–Trinajstić information content (AvgIpc) is 2.30. The second-order valence-corrected chi connectivity index (χ2v) is 4.60. The zero-order chi connectivity index (χ0) is 11.8. The first-order valence-electron chi connectivity index (χ1n) is 5.76. The van der Waals surface area contributed by atoms with E-state index in [2.05, 4.69) is 13.8 Å². The van der Waals surface area contributed by atoms with Crippen molar-refractivity contribution in [1.29, 1.82) is 0 Å². The molecule has 0 radical (unpaired) electrons. The van der Waals surface area contributed by atoms with Crippen LogP contribution in [0.2, 0.25) is 5.02 Å². The van der Waals surface area contributed by atoms with Crippen molar-refractivity contribution in [3.8, 4) is 5.75 Å². The lowest BCUT2D eigenvalue weighted by Crippen LogP contribution is -2.42. The fourth-order valence-electron chi connectivity index (χ4n) is 2.10. The number of ether oxygens (including phenoxy) is 2. The molecule has 0 saturated heterocycles. The molecule has 1 aliphatic heterocycles. The highest BCUT2D eigenvalue weighted by Gasteiger charge is 2.37. The van der Waals surface area contributed by atoms with E-state index in [1.165, 1.54) is 0 Å². The summed E-state index contributed by atoms with van der Waals surface area (Å²) in [5, 5.41) is 0.721. The summed E-state index contributed by atoms with van der Waals surface area (Å²) in [7, 11) is 0. The Bertz CT molecular complexity index is 386. The third-order valence-electron chi connectivity index (χ3n) is 3.17. The highest BCUT2D eigenvalue weighted by Crippen LogP contribution is 2.42. The molecule has 2 rings (SSSR count). The minimum Gasteiger partial charge on any atom is -0.462 e. The molecule has 1 heterocycles. The molecule has 0 saturated carbocycles. The van der Waals surface area contributed by atoms with Gasteiger partial charge in [-0.25, -0.2) is 0 Å². The Morgan fingerprint density at radius 1 is 1.31 bits per heavy atom. The normalized spacial score (nSPS) is 22.4. The van der Waals surface area contributed by atoms with Gasteiger partial charge in [0.1, 0.15) is 5.75 Å². The second-order valence-electron chi connectivity index (χ2n) is 4.16. The van der Waals surface area contributed by atoms with Gasteiger partial charge >= 0.3 is 0 Å². The lowest BCUT2D eigenvalue weighted by Gasteiger charge is -2.40. The largest absolute Gasteiger partial charge is 0.462 e. The molecule has 16 heavy (non-hydrogen) atoms. The maximum absolute atomic E-state index is 5.97. The number of benzene rings is 1. The maximum Gasteiger partial charge on any atom is 0.210 e. The number of rotatable bonds is 2. The highest BCUT2D eigenvalue weighted by atomic mass is 35.5. The quantitative estimate of drug-likeness (QED) is 0.766. The van der Waals surface area contributed by atoms with Crippen molar-refractivity contribution in [2.24, 2.45) is 0 Å². The molecule has 1 atom stereocenters. The van der Waals surface area contributed by atoms with Crippen LogP contribution in [0.3, 0.4) is 0 Å². The Balaban J connectivity index is 2.40. The van der Waals surface area contributed by atoms with Crippen molar-refractivity contribution < 1.29 is 9.47 Å². The summed E-state index contributed by atoms with van der Waals surface area (Å²) in [6.07, 6.45) is 1.72. The van der Waals surface area contributed by atoms with E-state index < -0.39 is 5.79 Å². The first-order valence-corrected chi connectivity index (χ1v) is 6.14. The Morgan fingerprint density at radius 3 is 2.62 bits per heavy atom. The van der Waals surface area contributed by atoms with Crippen LogP contribution in [-0.2, 0) is 4.74 Å². The van der Waals surface area contributed by atoms with E-state index in [0.717, 1.165) is 29.2 Å². The van der Waals surface area contributed by atoms with Crippen LogP contribution < -0.4 is 4.74 Å². The van der Waals surface area contributed by atoms with Gasteiger partial charge in [0.2, 0.25) is 5.79 Å². The van der Waals surface area contributed by atoms with Gasteiger partial charge in [-0.2, -0.15) is 0 Å². The predicted molar refractivity (Wildman–Crippen MR) is 64.9 cm³/mol. The molecular weight excluding hydrogens is 224 g/mol. The van der Waals surface area contributed by atoms with Crippen LogP contribution in [0.4, 0.5) is 0 Å². The smallest absolute Gasteiger partial charge is 0.210 e. The summed E-state index contributed by atoms with van der Waals surface area (Å²) < 4.78 is 11.9. The minimum absolute atomic E-state index is 0.0300. The van der Waals surface area contributed by atoms with Crippen LogP contribution in [0.5, 0.6) is 5.75 Å². The van der Waals surface area contributed by atoms with Gasteiger partial charge < -0.3 is 9.47 Å². The number of hydrogen-bond donors (Lipinski definition) is 0. The van der Waals surface area contributed by atoms with Crippen molar-refractivity contribution in [1.82, 2.24) is 0 Å². The molecule has 0 fully saturated rings. The Labute approximate surface area is 102 Å². The molecule has 0 N–H and O–H groups in total. The van der Waals surface area contributed by atoms with Gasteiger partial charge in [0.05, 0.1) is 6.10 Å². The topological polar surface area (TPSA) is 18.5 Å². The van der Waals surface area contributed by atoms with Crippen LogP contribution >= 0.6 is 11.6 Å². The SMILES string of the molecule is CCC1(CC)Oc2ccc(Cl)cc2[C@@H](C)O1. The first-order chi connectivity index (χ1) is 7.60. The summed E-state index contributed by atoms with van der Waals surface area (Å²) in [5.41, 5.74) is 1.03. The van der Waals surface area contributed by atoms with Gasteiger partial charge in [0.25, 0.3) is 0 Å². The van der Waals surface area contributed by atoms with E-state index in [9.17, 15) is 0 Å². The summed E-state index contributed by atoms with van der Waals surface area (Å²) in [4.78, 5) is 0. The minimum atomic E-state index is -0.472. The molecule has 1 aromatic rings. The number of fused-ring (bicyclic) bond motifs is 1. The lowest BCUT2D eigenvalue weighted by molar-refractivity contribution is -0.229. The zero-order valence-electron chi connectivity index (χ0n) is 9.92. The van der Waals surface area contributed by atoms with Crippen molar-refractivity contribution in [2.75, 3.05) is 0 Å². The Kier molecular flexibility index (Phi) is 3.13. The number of hydrogen-bond acceptors (Lipinski definition) is 2. The fourth-order valence-corrected chi connectivity index (χ4v) is 2.28. The summed E-state index contributed by atoms with van der Waals surface area (Å²) in [6, 6.07) is 5.70. The molecule has 0 spiro atoms. The lowest BCUT2D eigenvalue weighted by atomic mass is 10.0. The maximum atomic E-state index is 5.97. The van der Waals surface area contributed by atoms with Gasteiger partial charge in [-0.3, -0.25) is 0 Å². The second kappa shape index (κ2) is 4.27. The van der Waals surface area contributed by atoms with Crippen LogP contribution in [0.1, 0.15) is 45.3 Å². The van der Waals surface area contributed by atoms with Crippen molar-refractivity contribution in [3.05, 3.63) is 28.8 Å². The third kappa shape index (κ3) is 1.92. The van der Waals surface area contributed by atoms with Crippen molar-refractivity contribution >= 4 is 11.6 Å². The highest BCUT2D eigenvalue weighted by molar-refractivity contribution is 6.30. The van der Waals surface area contributed by atoms with Crippen LogP contribution in [0.25, 0.3) is 0 Å². The molecule has 0 aliphatic carbocycles. The van der Waals surface area contributed by atoms with E-state index in [1.807, 2.05) is 25.1 Å². The molecule has 3 heteroatoms. The van der Waals surface area contributed by atoms with E-state index in [0.29, 0.717) is 0 Å². The average molecular weight is 241 g/mol. The molecule has 88 valence electrons. The molecule has 1 aliphatic rings. The summed E-state index contributed by atoms with van der Waals surface area (Å²) >= 11 is 5.97. The molecule has 0 unspecified atom stereocenters. The molecule has 1 aromatic carbocycles. The first kappa shape index (κ1) is 11.7. The standard InChI is InChI=1S/C13H17ClO2/c1-4-13(5-2)15-9(3)11-8-10(14)6-7-12(11)16-13/h6-9H,4-5H2,1-3H3/t9-/m1/s1. The molecule has 0 bridgehead atoms. The van der Waals surface area contributed by atoms with Crippen molar-refractivity contribution in [3.63, 3.8) is 0 Å². The van der Waals surface area contributed by atoms with Gasteiger partial charge in [-0.1, -0.05) is 25.4 Å². The van der Waals surface area contributed by atoms with Crippen LogP contribution in [0, 0.1) is 0 Å². The third-order valence-corrected chi connectivity index (χ3v) is 3.41. The number of halogens is 1. The molecule has 0 aromatic heterocycles. The van der Waals surface area contributed by atoms with Gasteiger partial charge in [0.15, 0.2) is 0 Å². The fraction of sp³-hybridized carbons (Fsp3) is 0.538. The van der Waals surface area contributed by atoms with E-state index in [1.54, 1.807) is 0 Å². The van der Waals surface area contributed by atoms with Crippen LogP contribution in [-0.4, -0.2) is 5.79 Å². The van der Waals surface area contributed by atoms with Gasteiger partial charge in [-0.15, -0.1) is 0 Å².